The van der Waals surface area contributed by atoms with Gasteiger partial charge in [-0.05, 0) is 54.8 Å². The molecule has 5 aromatic rings. The van der Waals surface area contributed by atoms with Crippen molar-refractivity contribution in [3.05, 3.63) is 130 Å². The molecule has 2 saturated heterocycles. The number of Topliss-reactive ketones (excluding diaryl/α,β-unsaturated/α-hetero) is 2. The second-order valence-electron chi connectivity index (χ2n) is 11.6. The first kappa shape index (κ1) is 23.5. The quantitative estimate of drug-likeness (QED) is 0.213. The molecule has 2 aliphatic carbocycles. The van der Waals surface area contributed by atoms with Gasteiger partial charge in [-0.1, -0.05) is 84.4 Å². The van der Waals surface area contributed by atoms with Crippen molar-refractivity contribution in [2.24, 2.45) is 5.41 Å². The molecule has 4 aliphatic rings. The van der Waals surface area contributed by atoms with Crippen LogP contribution in [0, 0.1) is 5.41 Å². The largest absolute Gasteiger partial charge is 0.293 e. The highest BCUT2D eigenvalue weighted by molar-refractivity contribution is 6.32. The lowest BCUT2D eigenvalue weighted by Crippen LogP contribution is -2.57. The highest BCUT2D eigenvalue weighted by atomic mass is 35.5. The van der Waals surface area contributed by atoms with Crippen molar-refractivity contribution in [2.75, 3.05) is 6.54 Å². The number of carbonyl (C=O) groups is 2. The Bertz CT molecular complexity index is 1930. The number of carbonyl (C=O) groups excluding carboxylic acids is 2. The summed E-state index contributed by atoms with van der Waals surface area (Å²) in [5.74, 6) is -0.628. The molecule has 3 atom stereocenters. The average molecular weight is 554 g/mol. The molecule has 6 heteroatoms. The lowest BCUT2D eigenvalue weighted by molar-refractivity contribution is 0.0428. The second-order valence-corrected chi connectivity index (χ2v) is 12.0. The van der Waals surface area contributed by atoms with E-state index < -0.39 is 11.0 Å². The van der Waals surface area contributed by atoms with Crippen LogP contribution in [0.4, 0.5) is 0 Å². The van der Waals surface area contributed by atoms with E-state index in [1.54, 1.807) is 0 Å². The van der Waals surface area contributed by atoms with Crippen molar-refractivity contribution < 1.29 is 9.59 Å². The van der Waals surface area contributed by atoms with Gasteiger partial charge in [0.25, 0.3) is 0 Å². The van der Waals surface area contributed by atoms with Gasteiger partial charge in [-0.25, -0.2) is 9.97 Å². The summed E-state index contributed by atoms with van der Waals surface area (Å²) in [5, 5.41) is 0.625. The zero-order valence-electron chi connectivity index (χ0n) is 22.0. The van der Waals surface area contributed by atoms with Gasteiger partial charge in [0, 0.05) is 33.7 Å². The minimum Gasteiger partial charge on any atom is -0.293 e. The van der Waals surface area contributed by atoms with E-state index in [9.17, 15) is 0 Å². The van der Waals surface area contributed by atoms with Gasteiger partial charge in [0.2, 0.25) is 0 Å². The van der Waals surface area contributed by atoms with Gasteiger partial charge in [-0.15, -0.1) is 0 Å². The maximum atomic E-state index is 15.2. The van der Waals surface area contributed by atoms with Crippen LogP contribution in [0.25, 0.3) is 22.3 Å². The number of ketones is 2. The van der Waals surface area contributed by atoms with Crippen LogP contribution in [0.2, 0.25) is 5.02 Å². The molecule has 2 spiro atoms. The Hall–Kier alpha value is -4.19. The van der Waals surface area contributed by atoms with E-state index in [1.807, 2.05) is 84.9 Å². The first-order valence-corrected chi connectivity index (χ1v) is 14.5. The Labute approximate surface area is 241 Å². The Morgan fingerprint density at radius 2 is 1.34 bits per heavy atom. The molecule has 0 radical (unpaired) electrons. The standard InChI is InChI=1S/C35H24ClN3O2/c36-21-17-15-20(16-18-21)29-28-14-7-19-39(28)35(34(29)32(40)22-8-1-2-9-23(22)33(34)41)25-11-4-3-10-24(25)30-31(35)38-27-13-6-5-12-26(27)37-30/h1-6,8-13,15-18,28-29H,7,14,19H2/t28-,29-,35+/m1/s1. The number of hydrogen-bond donors (Lipinski definition) is 0. The first-order chi connectivity index (χ1) is 20.1. The SMILES string of the molecule is O=C1c2ccccc2C(=O)C12[C@H](c1ccc(Cl)cc1)[C@H]1CCCN1[C@]21c2ccccc2-c2nc3ccccc3nc21. The van der Waals surface area contributed by atoms with Crippen LogP contribution >= 0.6 is 11.6 Å². The molecule has 41 heavy (non-hydrogen) atoms. The van der Waals surface area contributed by atoms with Crippen molar-refractivity contribution >= 4 is 34.2 Å². The van der Waals surface area contributed by atoms with Gasteiger partial charge in [-0.3, -0.25) is 14.5 Å². The lowest BCUT2D eigenvalue weighted by Gasteiger charge is -2.45. The van der Waals surface area contributed by atoms with E-state index in [2.05, 4.69) is 17.0 Å². The Kier molecular flexibility index (Phi) is 4.57. The van der Waals surface area contributed by atoms with Crippen LogP contribution in [-0.2, 0) is 5.54 Å². The van der Waals surface area contributed by atoms with Crippen molar-refractivity contribution in [1.82, 2.24) is 14.9 Å². The van der Waals surface area contributed by atoms with E-state index in [0.717, 1.165) is 58.5 Å². The number of halogens is 1. The average Bonchev–Trinajstić information content (AvgIpc) is 3.71. The van der Waals surface area contributed by atoms with E-state index in [-0.39, 0.29) is 23.5 Å². The van der Waals surface area contributed by atoms with Gasteiger partial charge in [-0.2, -0.15) is 0 Å². The molecule has 9 rings (SSSR count). The van der Waals surface area contributed by atoms with Crippen molar-refractivity contribution in [3.63, 3.8) is 0 Å². The predicted octanol–water partition coefficient (Wildman–Crippen LogP) is 6.83. The molecule has 0 N–H and O–H groups in total. The summed E-state index contributed by atoms with van der Waals surface area (Å²) in [5.41, 5.74) is 4.32. The van der Waals surface area contributed by atoms with E-state index in [1.165, 1.54) is 0 Å². The lowest BCUT2D eigenvalue weighted by atomic mass is 9.56. The third kappa shape index (κ3) is 2.59. The zero-order chi connectivity index (χ0) is 27.5. The molecular formula is C35H24ClN3O2. The summed E-state index contributed by atoms with van der Waals surface area (Å²) in [6, 6.07) is 31.1. The molecule has 0 unspecified atom stereocenters. The van der Waals surface area contributed by atoms with Crippen LogP contribution in [0.5, 0.6) is 0 Å². The Morgan fingerprint density at radius 1 is 0.732 bits per heavy atom. The topological polar surface area (TPSA) is 63.2 Å². The van der Waals surface area contributed by atoms with Crippen LogP contribution in [0.3, 0.4) is 0 Å². The molecule has 3 heterocycles. The third-order valence-electron chi connectivity index (χ3n) is 10.00. The molecule has 4 aromatic carbocycles. The van der Waals surface area contributed by atoms with Crippen molar-refractivity contribution in [2.45, 2.75) is 30.3 Å². The fourth-order valence-electron chi connectivity index (χ4n) is 8.72. The van der Waals surface area contributed by atoms with E-state index in [0.29, 0.717) is 16.1 Å². The summed E-state index contributed by atoms with van der Waals surface area (Å²) >= 11 is 6.36. The van der Waals surface area contributed by atoms with Gasteiger partial charge in [0.1, 0.15) is 11.0 Å². The van der Waals surface area contributed by atoms with Crippen molar-refractivity contribution in [3.8, 4) is 11.3 Å². The molecule has 1 aromatic heterocycles. The van der Waals surface area contributed by atoms with E-state index >= 15 is 9.59 Å². The normalized spacial score (nSPS) is 25.2. The summed E-state index contributed by atoms with van der Waals surface area (Å²) < 4.78 is 0. The van der Waals surface area contributed by atoms with Gasteiger partial charge < -0.3 is 0 Å². The molecule has 5 nitrogen and oxygen atoms in total. The van der Waals surface area contributed by atoms with Crippen LogP contribution in [0.15, 0.2) is 97.1 Å². The summed E-state index contributed by atoms with van der Waals surface area (Å²) in [6.07, 6.45) is 1.85. The molecule has 198 valence electrons. The Balaban J connectivity index is 1.48. The summed E-state index contributed by atoms with van der Waals surface area (Å²) in [7, 11) is 0. The highest BCUT2D eigenvalue weighted by Gasteiger charge is 2.80. The smallest absolute Gasteiger partial charge is 0.180 e. The zero-order valence-corrected chi connectivity index (χ0v) is 22.8. The van der Waals surface area contributed by atoms with Crippen LogP contribution < -0.4 is 0 Å². The summed E-state index contributed by atoms with van der Waals surface area (Å²) in [6.45, 7) is 0.760. The molecule has 0 amide bonds. The number of nitrogens with zero attached hydrogens (tertiary/aromatic N) is 3. The van der Waals surface area contributed by atoms with Crippen LogP contribution in [0.1, 0.15) is 56.3 Å². The fourth-order valence-corrected chi connectivity index (χ4v) is 8.84. The maximum Gasteiger partial charge on any atom is 0.180 e. The minimum atomic E-state index is -1.45. The van der Waals surface area contributed by atoms with Gasteiger partial charge >= 0.3 is 0 Å². The monoisotopic (exact) mass is 553 g/mol. The number of fused-ring (bicyclic) bond motifs is 10. The van der Waals surface area contributed by atoms with E-state index in [4.69, 9.17) is 21.6 Å². The van der Waals surface area contributed by atoms with Gasteiger partial charge in [0.05, 0.1) is 22.4 Å². The maximum absolute atomic E-state index is 15.2. The summed E-state index contributed by atoms with van der Waals surface area (Å²) in [4.78, 5) is 43.4. The highest BCUT2D eigenvalue weighted by Crippen LogP contribution is 2.73. The first-order valence-electron chi connectivity index (χ1n) is 14.2. The van der Waals surface area contributed by atoms with Crippen LogP contribution in [-0.4, -0.2) is 39.0 Å². The molecule has 2 aliphatic heterocycles. The molecule has 0 saturated carbocycles. The molecule has 2 fully saturated rings. The third-order valence-corrected chi connectivity index (χ3v) is 10.3. The van der Waals surface area contributed by atoms with Crippen molar-refractivity contribution in [1.29, 1.82) is 0 Å². The number of para-hydroxylation sites is 2. The fraction of sp³-hybridized carbons (Fsp3) is 0.200. The van der Waals surface area contributed by atoms with Gasteiger partial charge in [0.15, 0.2) is 11.6 Å². The molecule has 0 bridgehead atoms. The number of aromatic nitrogens is 2. The number of hydrogen-bond acceptors (Lipinski definition) is 5. The minimum absolute atomic E-state index is 0.0364. The second kappa shape index (κ2) is 7.96. The predicted molar refractivity (Wildman–Crippen MR) is 157 cm³/mol. The number of rotatable bonds is 1. The Morgan fingerprint density at radius 3 is 2.05 bits per heavy atom. The number of benzene rings is 4. The molecular weight excluding hydrogens is 530 g/mol.